The Kier molecular flexibility index (Phi) is 2.57. The number of nitrogens with one attached hydrogen (secondary N) is 1. The number of benzene rings is 1. The van der Waals surface area contributed by atoms with Crippen molar-refractivity contribution < 1.29 is 4.74 Å². The van der Waals surface area contributed by atoms with Crippen LogP contribution in [0.15, 0.2) is 24.3 Å². The van der Waals surface area contributed by atoms with E-state index in [4.69, 9.17) is 4.74 Å². The molecule has 0 unspecified atom stereocenters. The summed E-state index contributed by atoms with van der Waals surface area (Å²) in [4.78, 5) is 3.10. The van der Waals surface area contributed by atoms with E-state index in [1.54, 1.807) is 7.11 Å². The van der Waals surface area contributed by atoms with Gasteiger partial charge in [0, 0.05) is 16.3 Å². The molecule has 82 valence electrons. The summed E-state index contributed by atoms with van der Waals surface area (Å²) in [5.74, 6) is 0.892. The minimum atomic E-state index is 0.875. The standard InChI is InChI=1S/C14H15NO/c1-9-5-6-12(8-14(9)16-4)13-7-10(2)15-11(13)3/h5-8,15H,2-3H2,1,4H3. The molecule has 0 aliphatic heterocycles. The molecule has 1 heterocycles. The van der Waals surface area contributed by atoms with Crippen LogP contribution in [0.3, 0.4) is 0 Å². The first kappa shape index (κ1) is 10.6. The van der Waals surface area contributed by atoms with Crippen molar-refractivity contribution in [3.05, 3.63) is 40.5 Å². The van der Waals surface area contributed by atoms with Gasteiger partial charge in [-0.2, -0.15) is 0 Å². The molecule has 0 saturated heterocycles. The molecule has 1 aromatic carbocycles. The van der Waals surface area contributed by atoms with Crippen molar-refractivity contribution in [3.63, 3.8) is 0 Å². The zero-order valence-electron chi connectivity index (χ0n) is 9.63. The van der Waals surface area contributed by atoms with E-state index in [2.05, 4.69) is 24.2 Å². The predicted molar refractivity (Wildman–Crippen MR) is 67.8 cm³/mol. The molecule has 1 N–H and O–H groups in total. The van der Waals surface area contributed by atoms with Crippen LogP contribution in [-0.4, -0.2) is 12.1 Å². The molecule has 2 rings (SSSR count). The lowest BCUT2D eigenvalue weighted by atomic mass is 10.1. The second kappa shape index (κ2) is 3.89. The van der Waals surface area contributed by atoms with Gasteiger partial charge in [0.05, 0.1) is 7.11 Å². The molecule has 2 nitrogen and oxygen atoms in total. The predicted octanol–water partition coefficient (Wildman–Crippen LogP) is 1.82. The number of hydrogen-bond donors (Lipinski definition) is 1. The molecule has 16 heavy (non-hydrogen) atoms. The first-order valence-corrected chi connectivity index (χ1v) is 5.13. The Morgan fingerprint density at radius 3 is 2.50 bits per heavy atom. The minimum absolute atomic E-state index is 0.875. The summed E-state index contributed by atoms with van der Waals surface area (Å²) in [6.45, 7) is 9.85. The van der Waals surface area contributed by atoms with Crippen molar-refractivity contribution >= 4 is 13.2 Å². The lowest BCUT2D eigenvalue weighted by molar-refractivity contribution is 0.412. The van der Waals surface area contributed by atoms with E-state index in [0.29, 0.717) is 0 Å². The van der Waals surface area contributed by atoms with Crippen LogP contribution in [0.2, 0.25) is 0 Å². The summed E-state index contributed by atoms with van der Waals surface area (Å²) in [6.07, 6.45) is 0. The summed E-state index contributed by atoms with van der Waals surface area (Å²) in [6, 6.07) is 8.12. The van der Waals surface area contributed by atoms with Gasteiger partial charge in [0.25, 0.3) is 0 Å². The zero-order valence-corrected chi connectivity index (χ0v) is 9.63. The van der Waals surface area contributed by atoms with Crippen LogP contribution in [-0.2, 0) is 0 Å². The Morgan fingerprint density at radius 2 is 1.94 bits per heavy atom. The number of aromatic amines is 1. The Hall–Kier alpha value is -1.96. The Labute approximate surface area is 94.9 Å². The molecule has 0 amide bonds. The smallest absolute Gasteiger partial charge is 0.122 e. The third-order valence-corrected chi connectivity index (χ3v) is 2.67. The number of aryl methyl sites for hydroxylation is 1. The largest absolute Gasteiger partial charge is 0.496 e. The fourth-order valence-corrected chi connectivity index (χ4v) is 1.80. The molecule has 2 heteroatoms. The number of methoxy groups -OCH3 is 1. The fraction of sp³-hybridized carbons (Fsp3) is 0.143. The maximum absolute atomic E-state index is 5.31. The lowest BCUT2D eigenvalue weighted by Crippen LogP contribution is -2.06. The molecule has 0 saturated carbocycles. The van der Waals surface area contributed by atoms with Gasteiger partial charge in [0.1, 0.15) is 5.75 Å². The third kappa shape index (κ3) is 1.74. The van der Waals surface area contributed by atoms with Gasteiger partial charge in [0.15, 0.2) is 0 Å². The van der Waals surface area contributed by atoms with Crippen molar-refractivity contribution in [2.75, 3.05) is 7.11 Å². The summed E-state index contributed by atoms with van der Waals surface area (Å²) in [7, 11) is 1.68. The minimum Gasteiger partial charge on any atom is -0.496 e. The van der Waals surface area contributed by atoms with Gasteiger partial charge in [-0.3, -0.25) is 0 Å². The maximum atomic E-state index is 5.31. The summed E-state index contributed by atoms with van der Waals surface area (Å²) < 4.78 is 5.31. The quantitative estimate of drug-likeness (QED) is 0.808. The SMILES string of the molecule is C=c1cc(-c2ccc(C)c(OC)c2)c(=C)[nH]1. The highest BCUT2D eigenvalue weighted by atomic mass is 16.5. The van der Waals surface area contributed by atoms with Gasteiger partial charge in [-0.15, -0.1) is 0 Å². The van der Waals surface area contributed by atoms with E-state index in [1.165, 1.54) is 0 Å². The van der Waals surface area contributed by atoms with Crippen molar-refractivity contribution in [2.45, 2.75) is 6.92 Å². The van der Waals surface area contributed by atoms with Crippen molar-refractivity contribution in [1.29, 1.82) is 0 Å². The second-order valence-electron chi connectivity index (χ2n) is 3.87. The topological polar surface area (TPSA) is 25.0 Å². The van der Waals surface area contributed by atoms with Crippen LogP contribution in [0.5, 0.6) is 5.75 Å². The number of aromatic nitrogens is 1. The molecule has 0 aliphatic carbocycles. The van der Waals surface area contributed by atoms with E-state index in [9.17, 15) is 0 Å². The monoisotopic (exact) mass is 213 g/mol. The van der Waals surface area contributed by atoms with Crippen molar-refractivity contribution in [2.24, 2.45) is 0 Å². The number of hydrogen-bond acceptors (Lipinski definition) is 1. The zero-order chi connectivity index (χ0) is 11.7. The van der Waals surface area contributed by atoms with E-state index >= 15 is 0 Å². The summed E-state index contributed by atoms with van der Waals surface area (Å²) in [5, 5.41) is 1.76. The Balaban J connectivity index is 2.61. The average Bonchev–Trinajstić information content (AvgIpc) is 2.59. The Bertz CT molecular complexity index is 610. The molecule has 0 radical (unpaired) electrons. The van der Waals surface area contributed by atoms with Gasteiger partial charge in [0.2, 0.25) is 0 Å². The van der Waals surface area contributed by atoms with E-state index in [-0.39, 0.29) is 0 Å². The summed E-state index contributed by atoms with van der Waals surface area (Å²) in [5.41, 5.74) is 3.30. The molecule has 0 atom stereocenters. The number of rotatable bonds is 2. The Morgan fingerprint density at radius 1 is 1.19 bits per heavy atom. The molecule has 0 spiro atoms. The second-order valence-corrected chi connectivity index (χ2v) is 3.87. The molecular weight excluding hydrogens is 198 g/mol. The lowest BCUT2D eigenvalue weighted by Gasteiger charge is -2.06. The normalized spacial score (nSPS) is 10.4. The van der Waals surface area contributed by atoms with Gasteiger partial charge in [-0.25, -0.2) is 0 Å². The van der Waals surface area contributed by atoms with Gasteiger partial charge >= 0.3 is 0 Å². The van der Waals surface area contributed by atoms with Crippen LogP contribution in [0.1, 0.15) is 5.56 Å². The van der Waals surface area contributed by atoms with E-state index in [1.807, 2.05) is 25.1 Å². The highest BCUT2D eigenvalue weighted by Crippen LogP contribution is 2.24. The van der Waals surface area contributed by atoms with Gasteiger partial charge in [-0.1, -0.05) is 25.3 Å². The molecule has 2 aromatic rings. The van der Waals surface area contributed by atoms with Crippen LogP contribution in [0.4, 0.5) is 0 Å². The van der Waals surface area contributed by atoms with Crippen molar-refractivity contribution in [1.82, 2.24) is 4.98 Å². The van der Waals surface area contributed by atoms with Gasteiger partial charge in [-0.05, 0) is 30.2 Å². The molecule has 0 aliphatic rings. The van der Waals surface area contributed by atoms with Crippen LogP contribution < -0.4 is 15.4 Å². The summed E-state index contributed by atoms with van der Waals surface area (Å²) >= 11 is 0. The first-order chi connectivity index (χ1) is 7.61. The number of ether oxygens (including phenoxy) is 1. The molecule has 0 fully saturated rings. The van der Waals surface area contributed by atoms with E-state index < -0.39 is 0 Å². The fourth-order valence-electron chi connectivity index (χ4n) is 1.80. The highest BCUT2D eigenvalue weighted by molar-refractivity contribution is 5.66. The third-order valence-electron chi connectivity index (χ3n) is 2.67. The van der Waals surface area contributed by atoms with Crippen LogP contribution >= 0.6 is 0 Å². The maximum Gasteiger partial charge on any atom is 0.122 e. The highest BCUT2D eigenvalue weighted by Gasteiger charge is 2.04. The van der Waals surface area contributed by atoms with Gasteiger partial charge < -0.3 is 9.72 Å². The van der Waals surface area contributed by atoms with Crippen molar-refractivity contribution in [3.8, 4) is 16.9 Å². The van der Waals surface area contributed by atoms with E-state index in [0.717, 1.165) is 33.1 Å². The first-order valence-electron chi connectivity index (χ1n) is 5.13. The molecular formula is C14H15NO. The average molecular weight is 213 g/mol. The van der Waals surface area contributed by atoms with Crippen LogP contribution in [0.25, 0.3) is 24.3 Å². The van der Waals surface area contributed by atoms with Crippen LogP contribution in [0, 0.1) is 6.92 Å². The number of H-pyrrole nitrogens is 1. The molecule has 0 bridgehead atoms. The molecule has 1 aromatic heterocycles.